The van der Waals surface area contributed by atoms with Crippen molar-refractivity contribution in [3.63, 3.8) is 0 Å². The number of nitro groups is 2. The van der Waals surface area contributed by atoms with E-state index in [-0.39, 0.29) is 5.69 Å². The molecule has 0 bridgehead atoms. The van der Waals surface area contributed by atoms with Crippen LogP contribution in [0, 0.1) is 20.2 Å². The van der Waals surface area contributed by atoms with E-state index in [1.165, 1.54) is 0 Å². The van der Waals surface area contributed by atoms with Crippen molar-refractivity contribution in [3.05, 3.63) is 71.5 Å². The first-order chi connectivity index (χ1) is 9.40. The molecule has 0 unspecified atom stereocenters. The minimum atomic E-state index is -0.880. The topological polar surface area (TPSA) is 141 Å². The molecule has 0 radical (unpaired) electrons. The van der Waals surface area contributed by atoms with Gasteiger partial charge in [0.25, 0.3) is 16.9 Å². The summed E-state index contributed by atoms with van der Waals surface area (Å²) < 4.78 is 0.823. The summed E-state index contributed by atoms with van der Waals surface area (Å²) in [6, 6.07) is 3.84. The first-order valence-electron chi connectivity index (χ1n) is 5.15. The first kappa shape index (κ1) is 13.1. The maximum atomic E-state index is 11.6. The monoisotopic (exact) mass is 278 g/mol. The van der Waals surface area contributed by atoms with E-state index in [0.29, 0.717) is 0 Å². The molecule has 10 nitrogen and oxygen atoms in total. The Kier molecular flexibility index (Phi) is 3.13. The van der Waals surface area contributed by atoms with Crippen molar-refractivity contribution in [1.29, 1.82) is 0 Å². The third-order valence-corrected chi connectivity index (χ3v) is 2.45. The van der Waals surface area contributed by atoms with Gasteiger partial charge < -0.3 is 0 Å². The zero-order chi connectivity index (χ0) is 14.9. The molecule has 0 saturated heterocycles. The van der Waals surface area contributed by atoms with E-state index in [2.05, 4.69) is 0 Å². The summed E-state index contributed by atoms with van der Waals surface area (Å²) in [7, 11) is 0. The predicted octanol–water partition coefficient (Wildman–Crippen LogP) is 0.342. The highest BCUT2D eigenvalue weighted by molar-refractivity contribution is 5.57. The molecular formula is C10H6N4O6. The average molecular weight is 278 g/mol. The van der Waals surface area contributed by atoms with Crippen LogP contribution in [0.1, 0.15) is 0 Å². The second-order valence-electron chi connectivity index (χ2n) is 3.67. The van der Waals surface area contributed by atoms with Crippen LogP contribution < -0.4 is 11.2 Å². The lowest BCUT2D eigenvalue weighted by molar-refractivity contribution is -0.394. The maximum absolute atomic E-state index is 11.6. The fourth-order valence-electron chi connectivity index (χ4n) is 1.58. The van der Waals surface area contributed by atoms with Crippen LogP contribution in [0.3, 0.4) is 0 Å². The van der Waals surface area contributed by atoms with Gasteiger partial charge in [0.2, 0.25) is 0 Å². The predicted molar refractivity (Wildman–Crippen MR) is 66.0 cm³/mol. The van der Waals surface area contributed by atoms with Crippen LogP contribution in [0.4, 0.5) is 11.4 Å². The van der Waals surface area contributed by atoms with E-state index >= 15 is 0 Å². The lowest BCUT2D eigenvalue weighted by atomic mass is 10.2. The Morgan fingerprint density at radius 3 is 2.30 bits per heavy atom. The largest absolute Gasteiger partial charge is 0.333 e. The van der Waals surface area contributed by atoms with Crippen molar-refractivity contribution in [1.82, 2.24) is 9.55 Å². The SMILES string of the molecule is O=c1ccn(-c2ccc([N+](=O)[O-])cc2[N+](=O)[O-])c(=O)[nH]1. The molecule has 0 atom stereocenters. The molecule has 2 rings (SSSR count). The number of nitrogens with one attached hydrogen (secondary N) is 1. The minimum Gasteiger partial charge on any atom is -0.274 e. The second kappa shape index (κ2) is 4.76. The van der Waals surface area contributed by atoms with Gasteiger partial charge in [-0.2, -0.15) is 0 Å². The van der Waals surface area contributed by atoms with Crippen LogP contribution >= 0.6 is 0 Å². The van der Waals surface area contributed by atoms with Crippen molar-refractivity contribution in [2.24, 2.45) is 0 Å². The fraction of sp³-hybridized carbons (Fsp3) is 0. The van der Waals surface area contributed by atoms with E-state index in [1.54, 1.807) is 0 Å². The number of hydrogen-bond acceptors (Lipinski definition) is 6. The van der Waals surface area contributed by atoms with Crippen LogP contribution in [-0.2, 0) is 0 Å². The molecule has 0 aliphatic heterocycles. The standard InChI is InChI=1S/C10H6N4O6/c15-9-3-4-12(10(16)11-9)7-2-1-6(13(17)18)5-8(7)14(19)20/h1-5H,(H,11,15,16). The summed E-state index contributed by atoms with van der Waals surface area (Å²) in [5.41, 5.74) is -2.81. The number of nitro benzene ring substituents is 2. The summed E-state index contributed by atoms with van der Waals surface area (Å²) in [5, 5.41) is 21.5. The molecule has 20 heavy (non-hydrogen) atoms. The Labute approximate surface area is 109 Å². The summed E-state index contributed by atoms with van der Waals surface area (Å²) in [5.74, 6) is 0. The number of benzene rings is 1. The van der Waals surface area contributed by atoms with Crippen molar-refractivity contribution in [3.8, 4) is 5.69 Å². The van der Waals surface area contributed by atoms with Crippen LogP contribution in [-0.4, -0.2) is 19.4 Å². The van der Waals surface area contributed by atoms with E-state index < -0.39 is 32.5 Å². The second-order valence-corrected chi connectivity index (χ2v) is 3.67. The van der Waals surface area contributed by atoms with Gasteiger partial charge in [-0.05, 0) is 6.07 Å². The van der Waals surface area contributed by atoms with Gasteiger partial charge in [0.05, 0.1) is 15.9 Å². The normalized spacial score (nSPS) is 10.2. The molecule has 1 aromatic carbocycles. The number of aromatic nitrogens is 2. The number of rotatable bonds is 3. The van der Waals surface area contributed by atoms with Gasteiger partial charge in [-0.25, -0.2) is 4.79 Å². The molecule has 1 aromatic heterocycles. The Morgan fingerprint density at radius 1 is 1.05 bits per heavy atom. The molecule has 1 N–H and O–H groups in total. The van der Waals surface area contributed by atoms with Gasteiger partial charge in [0.15, 0.2) is 0 Å². The molecular weight excluding hydrogens is 272 g/mol. The highest BCUT2D eigenvalue weighted by Gasteiger charge is 2.21. The van der Waals surface area contributed by atoms with Crippen LogP contribution in [0.15, 0.2) is 40.1 Å². The van der Waals surface area contributed by atoms with Crippen LogP contribution in [0.25, 0.3) is 5.69 Å². The average Bonchev–Trinajstić information content (AvgIpc) is 2.38. The smallest absolute Gasteiger partial charge is 0.274 e. The Morgan fingerprint density at radius 2 is 1.75 bits per heavy atom. The fourth-order valence-corrected chi connectivity index (χ4v) is 1.58. The molecule has 0 aliphatic rings. The number of non-ortho nitro benzene ring substituents is 1. The van der Waals surface area contributed by atoms with E-state index in [1.807, 2.05) is 4.98 Å². The van der Waals surface area contributed by atoms with E-state index in [9.17, 15) is 29.8 Å². The Bertz CT molecular complexity index is 821. The summed E-state index contributed by atoms with van der Waals surface area (Å²) in [6.07, 6.45) is 1.05. The molecule has 0 fully saturated rings. The lowest BCUT2D eigenvalue weighted by Crippen LogP contribution is -2.27. The molecule has 102 valence electrons. The van der Waals surface area contributed by atoms with Gasteiger partial charge >= 0.3 is 5.69 Å². The van der Waals surface area contributed by atoms with Crippen molar-refractivity contribution >= 4 is 11.4 Å². The molecule has 10 heteroatoms. The number of H-pyrrole nitrogens is 1. The Hall–Kier alpha value is -3.30. The van der Waals surface area contributed by atoms with E-state index in [4.69, 9.17) is 0 Å². The molecule has 0 aliphatic carbocycles. The molecule has 2 aromatic rings. The van der Waals surface area contributed by atoms with Gasteiger partial charge in [0.1, 0.15) is 5.69 Å². The van der Waals surface area contributed by atoms with E-state index in [0.717, 1.165) is 35.0 Å². The molecule has 1 heterocycles. The van der Waals surface area contributed by atoms with Crippen molar-refractivity contribution in [2.75, 3.05) is 0 Å². The maximum Gasteiger partial charge on any atom is 0.333 e. The number of aromatic amines is 1. The zero-order valence-corrected chi connectivity index (χ0v) is 9.68. The number of hydrogen-bond donors (Lipinski definition) is 1. The highest BCUT2D eigenvalue weighted by Crippen LogP contribution is 2.26. The van der Waals surface area contributed by atoms with Gasteiger partial charge in [-0.3, -0.25) is 34.6 Å². The number of nitrogens with zero attached hydrogens (tertiary/aromatic N) is 3. The minimum absolute atomic E-state index is 0.179. The van der Waals surface area contributed by atoms with Crippen LogP contribution in [0.2, 0.25) is 0 Å². The van der Waals surface area contributed by atoms with Crippen molar-refractivity contribution in [2.45, 2.75) is 0 Å². The van der Waals surface area contributed by atoms with Crippen LogP contribution in [0.5, 0.6) is 0 Å². The molecule has 0 spiro atoms. The van der Waals surface area contributed by atoms with Gasteiger partial charge in [0, 0.05) is 18.3 Å². The highest BCUT2D eigenvalue weighted by atomic mass is 16.6. The third-order valence-electron chi connectivity index (χ3n) is 2.45. The Balaban J connectivity index is 2.74. The van der Waals surface area contributed by atoms with Crippen molar-refractivity contribution < 1.29 is 9.85 Å². The lowest BCUT2D eigenvalue weighted by Gasteiger charge is -2.05. The summed E-state index contributed by atoms with van der Waals surface area (Å²) in [4.78, 5) is 44.4. The van der Waals surface area contributed by atoms with Gasteiger partial charge in [-0.15, -0.1) is 0 Å². The zero-order valence-electron chi connectivity index (χ0n) is 9.68. The summed E-state index contributed by atoms with van der Waals surface area (Å²) in [6.45, 7) is 0. The first-order valence-corrected chi connectivity index (χ1v) is 5.15. The molecule has 0 amide bonds. The third kappa shape index (κ3) is 2.29. The molecule has 0 saturated carbocycles. The summed E-state index contributed by atoms with van der Waals surface area (Å²) >= 11 is 0. The quantitative estimate of drug-likeness (QED) is 0.633. The van der Waals surface area contributed by atoms with Gasteiger partial charge in [-0.1, -0.05) is 0 Å².